The van der Waals surface area contributed by atoms with E-state index in [2.05, 4.69) is 0 Å². The van der Waals surface area contributed by atoms with Gasteiger partial charge in [0.1, 0.15) is 30.4 Å². The Morgan fingerprint density at radius 1 is 0.255 bits per heavy atom. The molecule has 0 saturated carbocycles. The van der Waals surface area contributed by atoms with Crippen LogP contribution in [0.1, 0.15) is 0 Å². The van der Waals surface area contributed by atoms with Crippen molar-refractivity contribution in [1.82, 2.24) is 0 Å². The molecule has 0 atom stereocenters. The summed E-state index contributed by atoms with van der Waals surface area (Å²) in [6, 6.07) is 48.3. The molecular formula is C42H27FeO9S3. The zero-order chi connectivity index (χ0) is 38.3. The first-order chi connectivity index (χ1) is 25.6. The van der Waals surface area contributed by atoms with Gasteiger partial charge in [-0.25, -0.2) is 25.3 Å². The standard InChI is InChI=1S/3C14H10O3S.Fe/c3*15-18(16,17)14-6-5-12-7-10-3-1-2-4-11(10)8-13(12)9-14;/h3*1-9H,(H,15,16,17);/q;;;+3/p-3. The molecule has 0 N–H and O–H groups in total. The van der Waals surface area contributed by atoms with Crippen molar-refractivity contribution < 1.29 is 56.0 Å². The van der Waals surface area contributed by atoms with Gasteiger partial charge in [0.05, 0.1) is 14.7 Å². The van der Waals surface area contributed by atoms with Gasteiger partial charge >= 0.3 is 17.1 Å². The van der Waals surface area contributed by atoms with Crippen LogP contribution < -0.4 is 0 Å². The van der Waals surface area contributed by atoms with Gasteiger partial charge < -0.3 is 13.7 Å². The summed E-state index contributed by atoms with van der Waals surface area (Å²) in [5, 5.41) is 11.3. The molecule has 0 aliphatic rings. The first-order valence-corrected chi connectivity index (χ1v) is 20.5. The van der Waals surface area contributed by atoms with Crippen molar-refractivity contribution >= 4 is 95.0 Å². The summed E-state index contributed by atoms with van der Waals surface area (Å²) in [6.45, 7) is 0. The molecule has 55 heavy (non-hydrogen) atoms. The molecule has 0 aliphatic carbocycles. The third-order valence-corrected chi connectivity index (χ3v) is 11.4. The van der Waals surface area contributed by atoms with Gasteiger partial charge in [0.2, 0.25) is 0 Å². The molecule has 275 valence electrons. The van der Waals surface area contributed by atoms with Crippen LogP contribution in [0.3, 0.4) is 0 Å². The summed E-state index contributed by atoms with van der Waals surface area (Å²) in [5.74, 6) is 0. The van der Waals surface area contributed by atoms with Crippen LogP contribution in [0.4, 0.5) is 0 Å². The largest absolute Gasteiger partial charge is 3.00 e. The summed E-state index contributed by atoms with van der Waals surface area (Å²) in [5.41, 5.74) is 0. The molecule has 13 heteroatoms. The van der Waals surface area contributed by atoms with Crippen LogP contribution >= 0.6 is 0 Å². The van der Waals surface area contributed by atoms with Crippen molar-refractivity contribution in [2.75, 3.05) is 0 Å². The molecule has 0 bridgehead atoms. The second-order valence-electron chi connectivity index (χ2n) is 12.5. The summed E-state index contributed by atoms with van der Waals surface area (Å²) in [4.78, 5) is -0.569. The minimum absolute atomic E-state index is 0. The maximum Gasteiger partial charge on any atom is 3.00 e. The topological polar surface area (TPSA) is 172 Å². The van der Waals surface area contributed by atoms with E-state index in [0.717, 1.165) is 64.6 Å². The molecule has 1 radical (unpaired) electrons. The van der Waals surface area contributed by atoms with E-state index in [1.165, 1.54) is 36.4 Å². The Morgan fingerprint density at radius 2 is 0.436 bits per heavy atom. The van der Waals surface area contributed by atoms with E-state index < -0.39 is 30.4 Å². The molecular weight excluding hydrogens is 800 g/mol. The quantitative estimate of drug-likeness (QED) is 0.0960. The molecule has 0 spiro atoms. The van der Waals surface area contributed by atoms with Gasteiger partial charge in [-0.2, -0.15) is 0 Å². The van der Waals surface area contributed by atoms with Gasteiger partial charge in [0.15, 0.2) is 0 Å². The molecule has 0 aliphatic heterocycles. The second kappa shape index (κ2) is 15.5. The van der Waals surface area contributed by atoms with Crippen LogP contribution in [-0.4, -0.2) is 38.9 Å². The van der Waals surface area contributed by atoms with E-state index in [4.69, 9.17) is 0 Å². The zero-order valence-electron chi connectivity index (χ0n) is 28.3. The van der Waals surface area contributed by atoms with Crippen molar-refractivity contribution in [2.24, 2.45) is 0 Å². The van der Waals surface area contributed by atoms with Crippen LogP contribution in [0.25, 0.3) is 64.6 Å². The predicted octanol–water partition coefficient (Wildman–Crippen LogP) is 8.69. The van der Waals surface area contributed by atoms with Gasteiger partial charge in [-0.15, -0.1) is 0 Å². The van der Waals surface area contributed by atoms with Gasteiger partial charge in [-0.3, -0.25) is 0 Å². The average Bonchev–Trinajstić information content (AvgIpc) is 3.14. The monoisotopic (exact) mass is 827 g/mol. The van der Waals surface area contributed by atoms with Crippen molar-refractivity contribution in [3.63, 3.8) is 0 Å². The smallest absolute Gasteiger partial charge is 0.744 e. The van der Waals surface area contributed by atoms with Crippen molar-refractivity contribution in [1.29, 1.82) is 0 Å². The molecule has 0 fully saturated rings. The molecule has 0 aromatic heterocycles. The molecule has 9 nitrogen and oxygen atoms in total. The molecule has 0 amide bonds. The minimum Gasteiger partial charge on any atom is -0.744 e. The Balaban J connectivity index is 0.000000139. The summed E-state index contributed by atoms with van der Waals surface area (Å²) < 4.78 is 98.9. The number of benzene rings is 9. The average molecular weight is 828 g/mol. The van der Waals surface area contributed by atoms with E-state index in [-0.39, 0.29) is 31.8 Å². The van der Waals surface area contributed by atoms with Crippen LogP contribution in [0.5, 0.6) is 0 Å². The van der Waals surface area contributed by atoms with Crippen molar-refractivity contribution in [2.45, 2.75) is 14.7 Å². The Hall–Kier alpha value is -5.21. The van der Waals surface area contributed by atoms with E-state index >= 15 is 0 Å². The fraction of sp³-hybridized carbons (Fsp3) is 0. The Morgan fingerprint density at radius 3 is 0.636 bits per heavy atom. The third kappa shape index (κ3) is 9.03. The molecule has 0 heterocycles. The number of hydrogen-bond acceptors (Lipinski definition) is 9. The van der Waals surface area contributed by atoms with Gasteiger partial charge in [0.25, 0.3) is 0 Å². The van der Waals surface area contributed by atoms with E-state index in [1.807, 2.05) is 109 Å². The fourth-order valence-electron chi connectivity index (χ4n) is 6.22. The van der Waals surface area contributed by atoms with Gasteiger partial charge in [-0.1, -0.05) is 91.0 Å². The minimum atomic E-state index is -4.40. The van der Waals surface area contributed by atoms with Crippen LogP contribution in [0, 0.1) is 0 Å². The van der Waals surface area contributed by atoms with Crippen molar-refractivity contribution in [3.8, 4) is 0 Å². The number of rotatable bonds is 3. The predicted molar refractivity (Wildman–Crippen MR) is 208 cm³/mol. The molecule has 9 rings (SSSR count). The number of fused-ring (bicyclic) bond motifs is 6. The van der Waals surface area contributed by atoms with Gasteiger partial charge in [-0.05, 0) is 137 Å². The Kier molecular flexibility index (Phi) is 11.1. The zero-order valence-corrected chi connectivity index (χ0v) is 31.9. The molecule has 9 aromatic carbocycles. The summed E-state index contributed by atoms with van der Waals surface area (Å²) in [6.07, 6.45) is 0. The molecule has 0 saturated heterocycles. The molecule has 0 unspecified atom stereocenters. The first-order valence-electron chi connectivity index (χ1n) is 16.3. The van der Waals surface area contributed by atoms with E-state index in [1.54, 1.807) is 18.2 Å². The summed E-state index contributed by atoms with van der Waals surface area (Å²) >= 11 is 0. The third-order valence-electron chi connectivity index (χ3n) is 8.89. The maximum atomic E-state index is 11.0. The molecule has 9 aromatic rings. The van der Waals surface area contributed by atoms with Crippen LogP contribution in [-0.2, 0) is 47.4 Å². The van der Waals surface area contributed by atoms with E-state index in [9.17, 15) is 38.9 Å². The van der Waals surface area contributed by atoms with Gasteiger partial charge in [0, 0.05) is 0 Å². The fourth-order valence-corrected chi connectivity index (χ4v) is 7.74. The van der Waals surface area contributed by atoms with E-state index in [0.29, 0.717) is 0 Å². The Bertz CT molecular complexity index is 2910. The normalized spacial score (nSPS) is 11.8. The SMILES string of the molecule is O=S(=O)([O-])c1ccc2cc3ccccc3cc2c1.O=S(=O)([O-])c1ccc2cc3ccccc3cc2c1.O=S(=O)([O-])c1ccc2cc3ccccc3cc2c1.[Fe+3]. The Labute approximate surface area is 327 Å². The first kappa shape index (κ1) is 39.5. The number of hydrogen-bond donors (Lipinski definition) is 0. The van der Waals surface area contributed by atoms with Crippen LogP contribution in [0.2, 0.25) is 0 Å². The van der Waals surface area contributed by atoms with Crippen molar-refractivity contribution in [3.05, 3.63) is 164 Å². The van der Waals surface area contributed by atoms with Crippen LogP contribution in [0.15, 0.2) is 178 Å². The summed E-state index contributed by atoms with van der Waals surface area (Å²) in [7, 11) is -13.2. The maximum absolute atomic E-state index is 11.0. The second-order valence-corrected chi connectivity index (χ2v) is 16.6.